The SMILES string of the molecule is COC1(Cn2nnnc2-c2cccc(N)c2Br)CCC1. The van der Waals surface area contributed by atoms with Gasteiger partial charge in [-0.25, -0.2) is 4.68 Å². The number of hydrogen-bond donors (Lipinski definition) is 1. The van der Waals surface area contributed by atoms with Crippen molar-refractivity contribution in [2.75, 3.05) is 12.8 Å². The molecule has 0 radical (unpaired) electrons. The average molecular weight is 338 g/mol. The van der Waals surface area contributed by atoms with Crippen molar-refractivity contribution < 1.29 is 4.74 Å². The van der Waals surface area contributed by atoms with E-state index in [1.165, 1.54) is 6.42 Å². The molecule has 0 saturated heterocycles. The Morgan fingerprint density at radius 1 is 1.45 bits per heavy atom. The first kappa shape index (κ1) is 13.5. The van der Waals surface area contributed by atoms with Crippen LogP contribution >= 0.6 is 15.9 Å². The summed E-state index contributed by atoms with van der Waals surface area (Å²) in [6.45, 7) is 0.660. The molecule has 0 amide bonds. The van der Waals surface area contributed by atoms with E-state index in [0.29, 0.717) is 18.1 Å². The summed E-state index contributed by atoms with van der Waals surface area (Å²) in [6.07, 6.45) is 3.27. The topological polar surface area (TPSA) is 78.8 Å². The molecule has 0 bridgehead atoms. The second kappa shape index (κ2) is 5.14. The number of nitrogen functional groups attached to an aromatic ring is 1. The molecule has 1 aromatic carbocycles. The molecule has 0 spiro atoms. The highest BCUT2D eigenvalue weighted by atomic mass is 79.9. The van der Waals surface area contributed by atoms with Gasteiger partial charge in [0, 0.05) is 18.4 Å². The number of tetrazole rings is 1. The molecule has 1 fully saturated rings. The lowest BCUT2D eigenvalue weighted by Gasteiger charge is -2.40. The molecule has 20 heavy (non-hydrogen) atoms. The van der Waals surface area contributed by atoms with Crippen molar-refractivity contribution in [1.29, 1.82) is 0 Å². The van der Waals surface area contributed by atoms with E-state index in [2.05, 4.69) is 31.5 Å². The van der Waals surface area contributed by atoms with E-state index >= 15 is 0 Å². The van der Waals surface area contributed by atoms with Crippen LogP contribution in [0.1, 0.15) is 19.3 Å². The van der Waals surface area contributed by atoms with Crippen LogP contribution in [0.4, 0.5) is 5.69 Å². The van der Waals surface area contributed by atoms with Crippen LogP contribution in [-0.4, -0.2) is 32.9 Å². The summed E-state index contributed by atoms with van der Waals surface area (Å²) in [5.74, 6) is 0.701. The molecule has 3 rings (SSSR count). The largest absolute Gasteiger partial charge is 0.398 e. The maximum absolute atomic E-state index is 5.92. The van der Waals surface area contributed by atoms with Crippen LogP contribution in [0.2, 0.25) is 0 Å². The Labute approximate surface area is 125 Å². The Balaban J connectivity index is 1.96. The number of ether oxygens (including phenoxy) is 1. The van der Waals surface area contributed by atoms with E-state index in [1.54, 1.807) is 11.8 Å². The summed E-state index contributed by atoms with van der Waals surface area (Å²) >= 11 is 3.50. The van der Waals surface area contributed by atoms with Gasteiger partial charge in [0.15, 0.2) is 5.82 Å². The number of anilines is 1. The van der Waals surface area contributed by atoms with E-state index in [4.69, 9.17) is 10.5 Å². The Hall–Kier alpha value is -1.47. The zero-order chi connectivity index (χ0) is 14.2. The van der Waals surface area contributed by atoms with Gasteiger partial charge in [-0.15, -0.1) is 5.10 Å². The van der Waals surface area contributed by atoms with Gasteiger partial charge in [0.2, 0.25) is 0 Å². The fourth-order valence-electron chi connectivity index (χ4n) is 2.50. The number of nitrogens with zero attached hydrogens (tertiary/aromatic N) is 4. The van der Waals surface area contributed by atoms with Gasteiger partial charge >= 0.3 is 0 Å². The quantitative estimate of drug-likeness (QED) is 0.865. The summed E-state index contributed by atoms with van der Waals surface area (Å²) in [5, 5.41) is 12.0. The fourth-order valence-corrected chi connectivity index (χ4v) is 2.94. The van der Waals surface area contributed by atoms with Crippen molar-refractivity contribution in [2.24, 2.45) is 0 Å². The van der Waals surface area contributed by atoms with Gasteiger partial charge in [0.05, 0.1) is 16.6 Å². The van der Waals surface area contributed by atoms with Crippen LogP contribution in [0, 0.1) is 0 Å². The van der Waals surface area contributed by atoms with Crippen molar-refractivity contribution >= 4 is 21.6 Å². The zero-order valence-corrected chi connectivity index (χ0v) is 12.8. The van der Waals surface area contributed by atoms with Gasteiger partial charge in [-0.1, -0.05) is 6.07 Å². The smallest absolute Gasteiger partial charge is 0.183 e. The predicted molar refractivity (Wildman–Crippen MR) is 79.0 cm³/mol. The van der Waals surface area contributed by atoms with Gasteiger partial charge in [0.25, 0.3) is 0 Å². The van der Waals surface area contributed by atoms with E-state index < -0.39 is 0 Å². The van der Waals surface area contributed by atoms with Crippen LogP contribution in [0.3, 0.4) is 0 Å². The lowest BCUT2D eigenvalue weighted by atomic mass is 9.80. The van der Waals surface area contributed by atoms with Crippen molar-refractivity contribution in [3.8, 4) is 11.4 Å². The van der Waals surface area contributed by atoms with Gasteiger partial charge < -0.3 is 10.5 Å². The molecule has 0 unspecified atom stereocenters. The minimum atomic E-state index is -0.128. The first-order valence-electron chi connectivity index (χ1n) is 6.51. The number of benzene rings is 1. The highest BCUT2D eigenvalue weighted by Crippen LogP contribution is 2.38. The van der Waals surface area contributed by atoms with Gasteiger partial charge in [0.1, 0.15) is 0 Å². The van der Waals surface area contributed by atoms with Gasteiger partial charge in [-0.05, 0) is 57.8 Å². The molecule has 1 aliphatic rings. The summed E-state index contributed by atoms with van der Waals surface area (Å²) in [7, 11) is 1.75. The lowest BCUT2D eigenvalue weighted by molar-refractivity contribution is -0.0855. The van der Waals surface area contributed by atoms with Gasteiger partial charge in [-0.2, -0.15) is 0 Å². The average Bonchev–Trinajstić information content (AvgIpc) is 2.85. The molecule has 1 aliphatic carbocycles. The molecule has 7 heteroatoms. The Bertz CT molecular complexity index is 617. The standard InChI is InChI=1S/C13H16BrN5O/c1-20-13(6-3-7-13)8-19-12(16-17-18-19)9-4-2-5-10(15)11(9)14/h2,4-5H,3,6-8,15H2,1H3. The molecule has 1 heterocycles. The second-order valence-electron chi connectivity index (χ2n) is 5.11. The normalized spacial score (nSPS) is 16.9. The molecule has 1 aromatic heterocycles. The number of rotatable bonds is 4. The van der Waals surface area contributed by atoms with E-state index in [1.807, 2.05) is 18.2 Å². The maximum Gasteiger partial charge on any atom is 0.183 e. The highest BCUT2D eigenvalue weighted by Gasteiger charge is 2.38. The van der Waals surface area contributed by atoms with Gasteiger partial charge in [-0.3, -0.25) is 0 Å². The predicted octanol–water partition coefficient (Wildman–Crippen LogP) is 2.25. The summed E-state index contributed by atoms with van der Waals surface area (Å²) < 4.78 is 8.25. The molecule has 2 aromatic rings. The molecule has 106 valence electrons. The summed E-state index contributed by atoms with van der Waals surface area (Å²) in [4.78, 5) is 0. The van der Waals surface area contributed by atoms with Crippen molar-refractivity contribution in [3.63, 3.8) is 0 Å². The van der Waals surface area contributed by atoms with Crippen molar-refractivity contribution in [2.45, 2.75) is 31.4 Å². The second-order valence-corrected chi connectivity index (χ2v) is 5.90. The molecule has 6 nitrogen and oxygen atoms in total. The maximum atomic E-state index is 5.92. The monoisotopic (exact) mass is 337 g/mol. The van der Waals surface area contributed by atoms with Crippen LogP contribution in [-0.2, 0) is 11.3 Å². The molecule has 1 saturated carbocycles. The third-order valence-corrected chi connectivity index (χ3v) is 4.82. The minimum absolute atomic E-state index is 0.128. The summed E-state index contributed by atoms with van der Waals surface area (Å²) in [6, 6.07) is 5.68. The van der Waals surface area contributed by atoms with Crippen molar-refractivity contribution in [3.05, 3.63) is 22.7 Å². The highest BCUT2D eigenvalue weighted by molar-refractivity contribution is 9.10. The molecular formula is C13H16BrN5O. The Morgan fingerprint density at radius 2 is 2.25 bits per heavy atom. The number of methoxy groups -OCH3 is 1. The van der Waals surface area contributed by atoms with Crippen molar-refractivity contribution in [1.82, 2.24) is 20.2 Å². The fraction of sp³-hybridized carbons (Fsp3) is 0.462. The van der Waals surface area contributed by atoms with E-state index in [9.17, 15) is 0 Å². The number of aromatic nitrogens is 4. The van der Waals surface area contributed by atoms with Crippen LogP contribution in [0.25, 0.3) is 11.4 Å². The third kappa shape index (κ3) is 2.20. The molecule has 2 N–H and O–H groups in total. The molecular weight excluding hydrogens is 322 g/mol. The molecule has 0 aliphatic heterocycles. The number of nitrogens with two attached hydrogens (primary N) is 1. The first-order chi connectivity index (χ1) is 9.65. The minimum Gasteiger partial charge on any atom is -0.398 e. The third-order valence-electron chi connectivity index (χ3n) is 3.94. The first-order valence-corrected chi connectivity index (χ1v) is 7.30. The Morgan fingerprint density at radius 3 is 2.90 bits per heavy atom. The number of hydrogen-bond acceptors (Lipinski definition) is 5. The van der Waals surface area contributed by atoms with E-state index in [0.717, 1.165) is 22.9 Å². The zero-order valence-electron chi connectivity index (χ0n) is 11.2. The summed E-state index contributed by atoms with van der Waals surface area (Å²) in [5.41, 5.74) is 7.35. The lowest BCUT2D eigenvalue weighted by Crippen LogP contribution is -2.43. The van der Waals surface area contributed by atoms with Crippen LogP contribution in [0.15, 0.2) is 22.7 Å². The van der Waals surface area contributed by atoms with E-state index in [-0.39, 0.29) is 5.60 Å². The Kier molecular flexibility index (Phi) is 3.47. The number of halogens is 1. The van der Waals surface area contributed by atoms with Crippen LogP contribution in [0.5, 0.6) is 0 Å². The van der Waals surface area contributed by atoms with Crippen LogP contribution < -0.4 is 5.73 Å². The molecule has 0 atom stereocenters.